The Morgan fingerprint density at radius 1 is 1.08 bits per heavy atom. The number of rotatable bonds is 5. The maximum absolute atomic E-state index is 12.1. The van der Waals surface area contributed by atoms with Crippen molar-refractivity contribution in [3.63, 3.8) is 0 Å². The van der Waals surface area contributed by atoms with E-state index in [1.54, 1.807) is 37.3 Å². The lowest BCUT2D eigenvalue weighted by atomic mass is 10.2. The number of carbonyl (C=O) groups excluding carboxylic acids is 2. The number of hydrogen-bond donors (Lipinski definition) is 3. The Hall–Kier alpha value is -2.06. The van der Waals surface area contributed by atoms with Gasteiger partial charge in [-0.1, -0.05) is 29.8 Å². The Kier molecular flexibility index (Phi) is 6.83. The zero-order valence-corrected chi connectivity index (χ0v) is 16.6. The second-order valence-electron chi connectivity index (χ2n) is 5.29. The highest BCUT2D eigenvalue weighted by Crippen LogP contribution is 2.22. The molecule has 2 amide bonds. The molecule has 0 aromatic heterocycles. The summed E-state index contributed by atoms with van der Waals surface area (Å²) in [6, 6.07) is 12.5. The minimum atomic E-state index is -0.320. The summed E-state index contributed by atoms with van der Waals surface area (Å²) in [6.45, 7) is 3.51. The lowest BCUT2D eigenvalue weighted by Gasteiger charge is -2.11. The number of hydrogen-bond acceptors (Lipinski definition) is 3. The third-order valence-corrected chi connectivity index (χ3v) is 4.71. The fourth-order valence-electron chi connectivity index (χ4n) is 2.01. The molecule has 7 heteroatoms. The van der Waals surface area contributed by atoms with Crippen LogP contribution in [0.15, 0.2) is 54.2 Å². The van der Waals surface area contributed by atoms with Crippen LogP contribution in [-0.2, 0) is 4.79 Å². The van der Waals surface area contributed by atoms with Gasteiger partial charge in [-0.15, -0.1) is 0 Å². The average Bonchev–Trinajstić information content (AvgIpc) is 2.57. The molecule has 0 saturated carbocycles. The van der Waals surface area contributed by atoms with Crippen molar-refractivity contribution in [1.82, 2.24) is 10.9 Å². The molecule has 0 spiro atoms. The fraction of sp³-hybridized carbons (Fsp3) is 0.111. The van der Waals surface area contributed by atoms with Gasteiger partial charge in [0, 0.05) is 26.1 Å². The molecule has 2 aromatic rings. The first-order chi connectivity index (χ1) is 11.9. The molecule has 0 heterocycles. The van der Waals surface area contributed by atoms with Crippen molar-refractivity contribution < 1.29 is 9.59 Å². The molecule has 5 nitrogen and oxygen atoms in total. The largest absolute Gasteiger partial charge is 0.322 e. The Bertz CT molecular complexity index is 837. The van der Waals surface area contributed by atoms with Gasteiger partial charge in [-0.3, -0.25) is 15.0 Å². The summed E-state index contributed by atoms with van der Waals surface area (Å²) in [5.74, 6) is -0.595. The van der Waals surface area contributed by atoms with Crippen molar-refractivity contribution in [3.8, 4) is 0 Å². The van der Waals surface area contributed by atoms with Crippen LogP contribution >= 0.6 is 34.2 Å². The average molecular weight is 470 g/mol. The van der Waals surface area contributed by atoms with Gasteiger partial charge in [0.2, 0.25) is 5.91 Å². The van der Waals surface area contributed by atoms with E-state index in [0.29, 0.717) is 22.0 Å². The third-order valence-electron chi connectivity index (χ3n) is 3.36. The lowest BCUT2D eigenvalue weighted by molar-refractivity contribution is -0.112. The van der Waals surface area contributed by atoms with Crippen LogP contribution in [-0.4, -0.2) is 11.8 Å². The van der Waals surface area contributed by atoms with Crippen LogP contribution in [0.5, 0.6) is 0 Å². The number of carbonyl (C=O) groups is 2. The lowest BCUT2D eigenvalue weighted by Crippen LogP contribution is -2.36. The summed E-state index contributed by atoms with van der Waals surface area (Å²) in [5.41, 5.74) is 7.78. The molecular formula is C18H17ClIN3O2. The van der Waals surface area contributed by atoms with Gasteiger partial charge in [0.1, 0.15) is 0 Å². The first-order valence-corrected chi connectivity index (χ1v) is 8.89. The topological polar surface area (TPSA) is 70.2 Å². The monoisotopic (exact) mass is 469 g/mol. The molecule has 25 heavy (non-hydrogen) atoms. The van der Waals surface area contributed by atoms with Crippen molar-refractivity contribution in [2.75, 3.05) is 5.32 Å². The quantitative estimate of drug-likeness (QED) is 0.352. The van der Waals surface area contributed by atoms with Crippen molar-refractivity contribution in [2.24, 2.45) is 0 Å². The normalized spacial score (nSPS) is 11.0. The van der Waals surface area contributed by atoms with E-state index in [1.165, 1.54) is 6.08 Å². The van der Waals surface area contributed by atoms with E-state index in [-0.39, 0.29) is 11.8 Å². The highest BCUT2D eigenvalue weighted by atomic mass is 127. The van der Waals surface area contributed by atoms with Crippen molar-refractivity contribution in [2.45, 2.75) is 13.8 Å². The maximum Gasteiger partial charge on any atom is 0.270 e. The Morgan fingerprint density at radius 2 is 1.80 bits per heavy atom. The van der Waals surface area contributed by atoms with E-state index < -0.39 is 0 Å². The summed E-state index contributed by atoms with van der Waals surface area (Å²) < 4.78 is 0.843. The summed E-state index contributed by atoms with van der Waals surface area (Å²) in [5, 5.41) is 3.34. The number of nitrogens with one attached hydrogen (secondary N) is 3. The van der Waals surface area contributed by atoms with E-state index in [1.807, 2.05) is 19.1 Å². The molecule has 0 aliphatic rings. The molecule has 3 N–H and O–H groups in total. The predicted molar refractivity (Wildman–Crippen MR) is 108 cm³/mol. The number of allylic oxidation sites excluding steroid dienone is 1. The fourth-order valence-corrected chi connectivity index (χ4v) is 2.82. The van der Waals surface area contributed by atoms with E-state index in [2.05, 4.69) is 38.8 Å². The number of amides is 2. The molecule has 0 aliphatic heterocycles. The third kappa shape index (κ3) is 5.47. The Morgan fingerprint density at radius 3 is 2.52 bits per heavy atom. The van der Waals surface area contributed by atoms with Crippen molar-refractivity contribution >= 4 is 51.7 Å². The van der Waals surface area contributed by atoms with Gasteiger partial charge >= 0.3 is 0 Å². The molecule has 0 unspecified atom stereocenters. The van der Waals surface area contributed by atoms with Gasteiger partial charge in [0.15, 0.2) is 0 Å². The number of anilines is 1. The van der Waals surface area contributed by atoms with Gasteiger partial charge in [0.25, 0.3) is 5.91 Å². The predicted octanol–water partition coefficient (Wildman–Crippen LogP) is 4.03. The van der Waals surface area contributed by atoms with Crippen LogP contribution in [0.4, 0.5) is 5.69 Å². The zero-order valence-electron chi connectivity index (χ0n) is 13.7. The summed E-state index contributed by atoms with van der Waals surface area (Å²) in [4.78, 5) is 24.2. The molecule has 0 aliphatic carbocycles. The molecule has 0 fully saturated rings. The van der Waals surface area contributed by atoms with E-state index >= 15 is 0 Å². The summed E-state index contributed by atoms with van der Waals surface area (Å²) >= 11 is 8.12. The van der Waals surface area contributed by atoms with Crippen molar-refractivity contribution in [1.29, 1.82) is 0 Å². The van der Waals surface area contributed by atoms with Crippen LogP contribution in [0.25, 0.3) is 0 Å². The van der Waals surface area contributed by atoms with Gasteiger partial charge in [0.05, 0.1) is 5.56 Å². The van der Waals surface area contributed by atoms with E-state index in [4.69, 9.17) is 11.6 Å². The first-order valence-electron chi connectivity index (χ1n) is 7.43. The maximum atomic E-state index is 12.1. The minimum Gasteiger partial charge on any atom is -0.322 e. The van der Waals surface area contributed by atoms with Crippen molar-refractivity contribution in [3.05, 3.63) is 74.0 Å². The van der Waals surface area contributed by atoms with Gasteiger partial charge in [-0.05, 0) is 66.3 Å². The SMILES string of the molecule is CC(=CC(=O)Nc1cccc(Cl)c1C)NNC(=O)c1ccccc1I. The Labute approximate surface area is 164 Å². The highest BCUT2D eigenvalue weighted by molar-refractivity contribution is 14.1. The highest BCUT2D eigenvalue weighted by Gasteiger charge is 2.09. The second-order valence-corrected chi connectivity index (χ2v) is 6.86. The van der Waals surface area contributed by atoms with Gasteiger partial charge in [-0.25, -0.2) is 0 Å². The first kappa shape index (κ1) is 19.3. The van der Waals surface area contributed by atoms with Gasteiger partial charge in [-0.2, -0.15) is 0 Å². The molecule has 130 valence electrons. The standard InChI is InChI=1S/C18H17ClIN3O2/c1-11(22-23-18(25)13-6-3-4-8-15(13)20)10-17(24)21-16-9-5-7-14(19)12(16)2/h3-10,22H,1-2H3,(H,21,24)(H,23,25). The van der Waals surface area contributed by atoms with E-state index in [0.717, 1.165) is 9.13 Å². The molecule has 0 bridgehead atoms. The molecule has 0 atom stereocenters. The molecule has 2 rings (SSSR count). The minimum absolute atomic E-state index is 0.274. The summed E-state index contributed by atoms with van der Waals surface area (Å²) in [6.07, 6.45) is 1.36. The van der Waals surface area contributed by atoms with Crippen LogP contribution in [0.2, 0.25) is 5.02 Å². The number of halogens is 2. The smallest absolute Gasteiger partial charge is 0.270 e. The second kappa shape index (κ2) is 8.87. The number of hydrazine groups is 1. The zero-order chi connectivity index (χ0) is 18.4. The molecule has 2 aromatic carbocycles. The molecular weight excluding hydrogens is 453 g/mol. The van der Waals surface area contributed by atoms with Crippen LogP contribution < -0.4 is 16.2 Å². The van der Waals surface area contributed by atoms with Gasteiger partial charge < -0.3 is 10.7 Å². The molecule has 0 radical (unpaired) electrons. The van der Waals surface area contributed by atoms with E-state index in [9.17, 15) is 9.59 Å². The number of benzene rings is 2. The molecule has 0 saturated heterocycles. The van der Waals surface area contributed by atoms with Crippen LogP contribution in [0.1, 0.15) is 22.8 Å². The summed E-state index contributed by atoms with van der Waals surface area (Å²) in [7, 11) is 0. The van der Waals surface area contributed by atoms with Crippen LogP contribution in [0.3, 0.4) is 0 Å². The van der Waals surface area contributed by atoms with Crippen LogP contribution in [0, 0.1) is 10.5 Å². The Balaban J connectivity index is 1.95.